The van der Waals surface area contributed by atoms with Gasteiger partial charge >= 0.3 is 0 Å². The van der Waals surface area contributed by atoms with Crippen LogP contribution in [0.3, 0.4) is 0 Å². The Kier molecular flexibility index (Phi) is 11.4. The van der Waals surface area contributed by atoms with Crippen molar-refractivity contribution in [3.63, 3.8) is 0 Å². The molecule has 1 unspecified atom stereocenters. The van der Waals surface area contributed by atoms with Gasteiger partial charge in [0.2, 0.25) is 0 Å². The van der Waals surface area contributed by atoms with Gasteiger partial charge in [-0.2, -0.15) is 0 Å². The number of allylic oxidation sites excluding steroid dienone is 5. The molecular weight excluding hydrogens is 559 g/mol. The van der Waals surface area contributed by atoms with Crippen LogP contribution in [-0.2, 0) is 12.0 Å². The molecule has 0 radical (unpaired) electrons. The summed E-state index contributed by atoms with van der Waals surface area (Å²) >= 11 is 1.84. The minimum Gasteiger partial charge on any atom is -0.511 e. The summed E-state index contributed by atoms with van der Waals surface area (Å²) in [6.07, 6.45) is 27.1. The molecule has 2 heterocycles. The van der Waals surface area contributed by atoms with Gasteiger partial charge in [-0.3, -0.25) is 0 Å². The highest BCUT2D eigenvalue weighted by Gasteiger charge is 2.28. The van der Waals surface area contributed by atoms with E-state index in [1.165, 1.54) is 83.4 Å². The zero-order chi connectivity index (χ0) is 31.1. The predicted molar refractivity (Wildman–Crippen MR) is 188 cm³/mol. The van der Waals surface area contributed by atoms with E-state index in [9.17, 15) is 5.11 Å². The van der Waals surface area contributed by atoms with Crippen LogP contribution in [0.15, 0.2) is 60.7 Å². The Morgan fingerprint density at radius 1 is 1.00 bits per heavy atom. The van der Waals surface area contributed by atoms with E-state index in [-0.39, 0.29) is 17.2 Å². The average Bonchev–Trinajstić information content (AvgIpc) is 3.39. The average molecular weight is 614 g/mol. The van der Waals surface area contributed by atoms with Gasteiger partial charge < -0.3 is 10.4 Å². The standard InChI is InChI=1S/C39H55N3OS/c1-6-8-28-11-14-30(15-12-28)31-17-19-32(20-18-31)34-24-41-38(42-25-34)33-10-7-9-29(13-16-33)23-36(27(2)43)40-26-35-21-22-37(44-35)39(3,4)5/h13,16,19,21-22,24-25,28,30-31,36,40,43H,2,6-12,14-15,17-18,20,23,26H2,1,3-5H3/t28?,30?,31?,36-/m0/s1. The fourth-order valence-electron chi connectivity index (χ4n) is 7.48. The summed E-state index contributed by atoms with van der Waals surface area (Å²) < 4.78 is 0. The molecule has 2 aromatic heterocycles. The number of rotatable bonds is 11. The van der Waals surface area contributed by atoms with Crippen molar-refractivity contribution in [2.24, 2.45) is 17.8 Å². The number of hydrogen-bond acceptors (Lipinski definition) is 5. The van der Waals surface area contributed by atoms with Crippen LogP contribution in [0.2, 0.25) is 0 Å². The van der Waals surface area contributed by atoms with Crippen molar-refractivity contribution in [2.45, 2.75) is 129 Å². The molecule has 238 valence electrons. The first-order chi connectivity index (χ1) is 21.2. The number of thiophene rings is 1. The first kappa shape index (κ1) is 32.9. The van der Waals surface area contributed by atoms with Crippen LogP contribution >= 0.6 is 11.3 Å². The Hall–Kier alpha value is -2.50. The third-order valence-electron chi connectivity index (χ3n) is 10.3. The minimum atomic E-state index is -0.161. The van der Waals surface area contributed by atoms with E-state index >= 15 is 0 Å². The second-order valence-corrected chi connectivity index (χ2v) is 15.8. The molecule has 2 N–H and O–H groups in total. The third-order valence-corrected chi connectivity index (χ3v) is 11.8. The summed E-state index contributed by atoms with van der Waals surface area (Å²) in [5, 5.41) is 13.9. The molecule has 0 aliphatic heterocycles. The molecule has 5 heteroatoms. The Bertz CT molecular complexity index is 1330. The lowest BCUT2D eigenvalue weighted by Crippen LogP contribution is -2.30. The Morgan fingerprint density at radius 2 is 1.77 bits per heavy atom. The molecule has 0 spiro atoms. The molecular formula is C39H55N3OS. The van der Waals surface area contributed by atoms with Crippen LogP contribution in [0.25, 0.3) is 11.1 Å². The zero-order valence-corrected chi connectivity index (χ0v) is 28.5. The molecule has 1 fully saturated rings. The zero-order valence-electron chi connectivity index (χ0n) is 27.7. The van der Waals surface area contributed by atoms with Crippen molar-refractivity contribution in [3.05, 3.63) is 81.8 Å². The maximum atomic E-state index is 10.4. The molecule has 44 heavy (non-hydrogen) atoms. The molecule has 3 aliphatic rings. The maximum Gasteiger partial charge on any atom is 0.154 e. The summed E-state index contributed by atoms with van der Waals surface area (Å²) in [7, 11) is 0. The van der Waals surface area contributed by atoms with E-state index in [1.807, 2.05) is 23.7 Å². The van der Waals surface area contributed by atoms with E-state index in [0.29, 0.717) is 0 Å². The Morgan fingerprint density at radius 3 is 2.41 bits per heavy atom. The molecule has 2 atom stereocenters. The fourth-order valence-corrected chi connectivity index (χ4v) is 8.49. The highest BCUT2D eigenvalue weighted by molar-refractivity contribution is 7.12. The maximum absolute atomic E-state index is 10.4. The first-order valence-electron chi connectivity index (χ1n) is 17.3. The quantitative estimate of drug-likeness (QED) is 0.248. The lowest BCUT2D eigenvalue weighted by atomic mass is 9.70. The lowest BCUT2D eigenvalue weighted by molar-refractivity contribution is 0.189. The molecule has 0 amide bonds. The van der Waals surface area contributed by atoms with Gasteiger partial charge in [0.05, 0.1) is 6.04 Å². The van der Waals surface area contributed by atoms with Crippen molar-refractivity contribution in [2.75, 3.05) is 0 Å². The number of hydrogen-bond donors (Lipinski definition) is 2. The first-order valence-corrected chi connectivity index (χ1v) is 18.1. The van der Waals surface area contributed by atoms with E-state index in [2.05, 4.69) is 70.0 Å². The second kappa shape index (κ2) is 15.2. The molecule has 3 aliphatic carbocycles. The van der Waals surface area contributed by atoms with Crippen molar-refractivity contribution >= 4 is 22.5 Å². The largest absolute Gasteiger partial charge is 0.511 e. The van der Waals surface area contributed by atoms with Crippen LogP contribution in [0, 0.1) is 17.8 Å². The number of aromatic nitrogens is 2. The van der Waals surface area contributed by atoms with Gasteiger partial charge in [0.25, 0.3) is 0 Å². The summed E-state index contributed by atoms with van der Waals surface area (Å²) in [5.74, 6) is 3.84. The topological polar surface area (TPSA) is 58.0 Å². The molecule has 0 bridgehead atoms. The van der Waals surface area contributed by atoms with Crippen molar-refractivity contribution < 1.29 is 5.11 Å². The second-order valence-electron chi connectivity index (χ2n) is 14.6. The van der Waals surface area contributed by atoms with Crippen LogP contribution in [-0.4, -0.2) is 21.1 Å². The summed E-state index contributed by atoms with van der Waals surface area (Å²) in [4.78, 5) is 12.3. The van der Waals surface area contributed by atoms with Gasteiger partial charge in [0.1, 0.15) is 5.76 Å². The molecule has 4 nitrogen and oxygen atoms in total. The van der Waals surface area contributed by atoms with Crippen LogP contribution in [0.4, 0.5) is 0 Å². The third kappa shape index (κ3) is 8.81. The van der Waals surface area contributed by atoms with E-state index in [0.717, 1.165) is 62.2 Å². The normalized spacial score (nSPS) is 23.7. The lowest BCUT2D eigenvalue weighted by Gasteiger charge is -2.35. The molecule has 0 aromatic carbocycles. The van der Waals surface area contributed by atoms with Crippen molar-refractivity contribution in [1.29, 1.82) is 0 Å². The fraction of sp³-hybridized carbons (Fsp3) is 0.590. The molecule has 2 aromatic rings. The highest BCUT2D eigenvalue weighted by Crippen LogP contribution is 2.42. The summed E-state index contributed by atoms with van der Waals surface area (Å²) in [5.41, 5.74) is 5.31. The van der Waals surface area contributed by atoms with Gasteiger partial charge in [-0.05, 0) is 104 Å². The predicted octanol–water partition coefficient (Wildman–Crippen LogP) is 10.7. The van der Waals surface area contributed by atoms with Gasteiger partial charge in [0, 0.05) is 34.3 Å². The van der Waals surface area contributed by atoms with Crippen molar-refractivity contribution in [1.82, 2.24) is 15.3 Å². The highest BCUT2D eigenvalue weighted by atomic mass is 32.1. The van der Waals surface area contributed by atoms with Crippen LogP contribution < -0.4 is 5.32 Å². The number of nitrogens with zero attached hydrogens (tertiary/aromatic N) is 2. The van der Waals surface area contributed by atoms with E-state index in [1.54, 1.807) is 0 Å². The molecule has 0 saturated heterocycles. The van der Waals surface area contributed by atoms with Gasteiger partial charge in [0.15, 0.2) is 5.82 Å². The van der Waals surface area contributed by atoms with Crippen molar-refractivity contribution in [3.8, 4) is 0 Å². The van der Waals surface area contributed by atoms with Crippen LogP contribution in [0.5, 0.6) is 0 Å². The Labute approximate surface area is 270 Å². The Balaban J connectivity index is 1.15. The van der Waals surface area contributed by atoms with Gasteiger partial charge in [-0.15, -0.1) is 11.3 Å². The molecule has 5 rings (SSSR count). The SMILES string of the molecule is C=C(O)[C@H](CC1=CC=C(c2ncc(C3=CCC(C4CCC(CCC)CC4)CC3)cn2)CCC1)NCc1ccc(C(C)(C)C)s1. The summed E-state index contributed by atoms with van der Waals surface area (Å²) in [6, 6.07) is 4.26. The number of aliphatic hydroxyl groups is 1. The van der Waals surface area contributed by atoms with Crippen LogP contribution in [0.1, 0.15) is 132 Å². The summed E-state index contributed by atoms with van der Waals surface area (Å²) in [6.45, 7) is 13.7. The number of aliphatic hydroxyl groups excluding tert-OH is 1. The molecule has 1 saturated carbocycles. The monoisotopic (exact) mass is 613 g/mol. The van der Waals surface area contributed by atoms with E-state index < -0.39 is 0 Å². The van der Waals surface area contributed by atoms with Gasteiger partial charge in [-0.25, -0.2) is 9.97 Å². The smallest absolute Gasteiger partial charge is 0.154 e. The van der Waals surface area contributed by atoms with E-state index in [4.69, 9.17) is 9.97 Å². The number of nitrogens with one attached hydrogen (secondary N) is 1. The minimum absolute atomic E-state index is 0.158. The van der Waals surface area contributed by atoms with Gasteiger partial charge in [-0.1, -0.05) is 83.8 Å².